The van der Waals surface area contributed by atoms with E-state index in [-0.39, 0.29) is 10.6 Å². The highest BCUT2D eigenvalue weighted by molar-refractivity contribution is 6.33. The smallest absolute Gasteiger partial charge is 0.337 e. The molecule has 0 spiro atoms. The van der Waals surface area contributed by atoms with Gasteiger partial charge >= 0.3 is 5.97 Å². The molecule has 0 radical (unpaired) electrons. The number of carboxylic acids is 1. The van der Waals surface area contributed by atoms with Crippen LogP contribution in [0.5, 0.6) is 0 Å². The van der Waals surface area contributed by atoms with E-state index in [2.05, 4.69) is 10.3 Å². The van der Waals surface area contributed by atoms with Crippen LogP contribution in [0.3, 0.4) is 0 Å². The first-order chi connectivity index (χ1) is 9.16. The monoisotopic (exact) mass is 276 g/mol. The Hall–Kier alpha value is -2.07. The number of anilines is 1. The number of nitrogens with zero attached hydrogens (tertiary/aromatic N) is 1. The van der Waals surface area contributed by atoms with Gasteiger partial charge in [0.25, 0.3) is 0 Å². The molecule has 5 heteroatoms. The molecule has 0 fully saturated rings. The number of rotatable bonds is 5. The lowest BCUT2D eigenvalue weighted by Gasteiger charge is -2.07. The molecule has 1 aromatic heterocycles. The van der Waals surface area contributed by atoms with Gasteiger partial charge in [-0.1, -0.05) is 17.7 Å². The van der Waals surface area contributed by atoms with E-state index in [1.165, 1.54) is 6.07 Å². The van der Waals surface area contributed by atoms with Crippen molar-refractivity contribution in [2.45, 2.75) is 6.42 Å². The van der Waals surface area contributed by atoms with Crippen LogP contribution in [0, 0.1) is 0 Å². The number of nitrogens with one attached hydrogen (secondary N) is 1. The van der Waals surface area contributed by atoms with Crippen LogP contribution in [0.25, 0.3) is 0 Å². The van der Waals surface area contributed by atoms with Gasteiger partial charge in [0.2, 0.25) is 0 Å². The van der Waals surface area contributed by atoms with Gasteiger partial charge in [-0.25, -0.2) is 4.79 Å². The zero-order chi connectivity index (χ0) is 13.7. The molecule has 98 valence electrons. The summed E-state index contributed by atoms with van der Waals surface area (Å²) in [6.07, 6.45) is 4.40. The van der Waals surface area contributed by atoms with Crippen LogP contribution >= 0.6 is 11.6 Å². The summed E-state index contributed by atoms with van der Waals surface area (Å²) < 4.78 is 0. The van der Waals surface area contributed by atoms with E-state index in [0.29, 0.717) is 0 Å². The zero-order valence-electron chi connectivity index (χ0n) is 10.1. The van der Waals surface area contributed by atoms with Crippen LogP contribution in [0.15, 0.2) is 42.7 Å². The maximum atomic E-state index is 10.8. The molecular formula is C14H13ClN2O2. The summed E-state index contributed by atoms with van der Waals surface area (Å²) in [4.78, 5) is 14.9. The lowest BCUT2D eigenvalue weighted by atomic mass is 10.2. The minimum atomic E-state index is -1.02. The zero-order valence-corrected chi connectivity index (χ0v) is 10.9. The second-order valence-electron chi connectivity index (χ2n) is 4.04. The Kier molecular flexibility index (Phi) is 4.36. The molecule has 2 N–H and O–H groups in total. The van der Waals surface area contributed by atoms with E-state index in [0.717, 1.165) is 24.2 Å². The maximum Gasteiger partial charge on any atom is 0.337 e. The number of benzene rings is 1. The SMILES string of the molecule is O=C(O)c1ccc(NCCc2cccnc2)cc1Cl. The molecule has 0 aliphatic rings. The van der Waals surface area contributed by atoms with Crippen LogP contribution in [-0.4, -0.2) is 22.6 Å². The molecule has 0 amide bonds. The topological polar surface area (TPSA) is 62.2 Å². The number of halogens is 1. The van der Waals surface area contributed by atoms with Crippen LogP contribution in [-0.2, 0) is 6.42 Å². The van der Waals surface area contributed by atoms with Crippen molar-refractivity contribution in [1.82, 2.24) is 4.98 Å². The van der Waals surface area contributed by atoms with Crippen LogP contribution in [0.2, 0.25) is 5.02 Å². The molecule has 0 saturated heterocycles. The molecule has 2 rings (SSSR count). The molecule has 0 atom stereocenters. The average molecular weight is 277 g/mol. The largest absolute Gasteiger partial charge is 0.478 e. The fourth-order valence-corrected chi connectivity index (χ4v) is 1.96. The molecule has 1 heterocycles. The van der Waals surface area contributed by atoms with E-state index >= 15 is 0 Å². The lowest BCUT2D eigenvalue weighted by Crippen LogP contribution is -2.06. The number of carbonyl (C=O) groups is 1. The van der Waals surface area contributed by atoms with Gasteiger partial charge in [-0.15, -0.1) is 0 Å². The van der Waals surface area contributed by atoms with Gasteiger partial charge in [0.15, 0.2) is 0 Å². The Bertz CT molecular complexity index is 573. The van der Waals surface area contributed by atoms with Crippen molar-refractivity contribution in [1.29, 1.82) is 0 Å². The van der Waals surface area contributed by atoms with Gasteiger partial charge in [0, 0.05) is 24.6 Å². The van der Waals surface area contributed by atoms with Crippen LogP contribution in [0.1, 0.15) is 15.9 Å². The van der Waals surface area contributed by atoms with Crippen molar-refractivity contribution in [3.05, 3.63) is 58.9 Å². The number of hydrogen-bond acceptors (Lipinski definition) is 3. The number of aromatic nitrogens is 1. The van der Waals surface area contributed by atoms with Crippen molar-refractivity contribution < 1.29 is 9.90 Å². The summed E-state index contributed by atoms with van der Waals surface area (Å²) in [6.45, 7) is 0.731. The predicted molar refractivity (Wildman–Crippen MR) is 74.8 cm³/mol. The second-order valence-corrected chi connectivity index (χ2v) is 4.45. The molecule has 0 aliphatic carbocycles. The molecule has 4 nitrogen and oxygen atoms in total. The minimum absolute atomic E-state index is 0.111. The van der Waals surface area contributed by atoms with Crippen molar-refractivity contribution in [2.75, 3.05) is 11.9 Å². The third-order valence-corrected chi connectivity index (χ3v) is 2.98. The van der Waals surface area contributed by atoms with E-state index in [4.69, 9.17) is 16.7 Å². The van der Waals surface area contributed by atoms with Crippen molar-refractivity contribution in [3.63, 3.8) is 0 Å². The standard InChI is InChI=1S/C14H13ClN2O2/c15-13-8-11(3-4-12(13)14(18)19)17-7-5-10-2-1-6-16-9-10/h1-4,6,8-9,17H,5,7H2,(H,18,19). The minimum Gasteiger partial charge on any atom is -0.478 e. The van der Waals surface area contributed by atoms with E-state index in [1.807, 2.05) is 18.3 Å². The fraction of sp³-hybridized carbons (Fsp3) is 0.143. The highest BCUT2D eigenvalue weighted by Crippen LogP contribution is 2.20. The Morgan fingerprint density at radius 2 is 2.21 bits per heavy atom. The molecular weight excluding hydrogens is 264 g/mol. The lowest BCUT2D eigenvalue weighted by molar-refractivity contribution is 0.0697. The summed E-state index contributed by atoms with van der Waals surface area (Å²) in [5, 5.41) is 12.3. The van der Waals surface area contributed by atoms with Gasteiger partial charge in [-0.05, 0) is 36.2 Å². The first kappa shape index (κ1) is 13.4. The molecule has 19 heavy (non-hydrogen) atoms. The Labute approximate surface area is 116 Å². The summed E-state index contributed by atoms with van der Waals surface area (Å²) in [7, 11) is 0. The van der Waals surface area contributed by atoms with Crippen molar-refractivity contribution >= 4 is 23.3 Å². The second kappa shape index (κ2) is 6.20. The number of hydrogen-bond donors (Lipinski definition) is 2. The Morgan fingerprint density at radius 1 is 1.37 bits per heavy atom. The molecule has 1 aromatic carbocycles. The Morgan fingerprint density at radius 3 is 2.84 bits per heavy atom. The molecule has 0 aliphatic heterocycles. The first-order valence-corrected chi connectivity index (χ1v) is 6.20. The third kappa shape index (κ3) is 3.69. The first-order valence-electron chi connectivity index (χ1n) is 5.82. The van der Waals surface area contributed by atoms with E-state index in [9.17, 15) is 4.79 Å². The fourth-order valence-electron chi connectivity index (χ4n) is 1.70. The van der Waals surface area contributed by atoms with Gasteiger partial charge in [-0.2, -0.15) is 0 Å². The summed E-state index contributed by atoms with van der Waals surface area (Å²) >= 11 is 5.89. The highest BCUT2D eigenvalue weighted by Gasteiger charge is 2.08. The third-order valence-electron chi connectivity index (χ3n) is 2.67. The van der Waals surface area contributed by atoms with Gasteiger partial charge in [0.1, 0.15) is 0 Å². The molecule has 0 saturated carbocycles. The van der Waals surface area contributed by atoms with Crippen molar-refractivity contribution in [2.24, 2.45) is 0 Å². The van der Waals surface area contributed by atoms with Crippen LogP contribution in [0.4, 0.5) is 5.69 Å². The van der Waals surface area contributed by atoms with Gasteiger partial charge < -0.3 is 10.4 Å². The summed E-state index contributed by atoms with van der Waals surface area (Å²) in [6, 6.07) is 8.73. The highest BCUT2D eigenvalue weighted by atomic mass is 35.5. The molecule has 0 bridgehead atoms. The predicted octanol–water partition coefficient (Wildman–Crippen LogP) is 3.09. The van der Waals surface area contributed by atoms with E-state index < -0.39 is 5.97 Å². The normalized spacial score (nSPS) is 10.2. The quantitative estimate of drug-likeness (QED) is 0.881. The van der Waals surface area contributed by atoms with Gasteiger partial charge in [0.05, 0.1) is 10.6 Å². The molecule has 0 unspecified atom stereocenters. The van der Waals surface area contributed by atoms with E-state index in [1.54, 1.807) is 18.3 Å². The Balaban J connectivity index is 1.93. The summed E-state index contributed by atoms with van der Waals surface area (Å²) in [5.41, 5.74) is 2.06. The van der Waals surface area contributed by atoms with Gasteiger partial charge in [-0.3, -0.25) is 4.98 Å². The number of pyridine rings is 1. The number of carboxylic acid groups (broad SMARTS) is 1. The molecule has 2 aromatic rings. The van der Waals surface area contributed by atoms with Crippen LogP contribution < -0.4 is 5.32 Å². The number of aromatic carboxylic acids is 1. The summed E-state index contributed by atoms with van der Waals surface area (Å²) in [5.74, 6) is -1.02. The maximum absolute atomic E-state index is 10.8. The average Bonchev–Trinajstić information content (AvgIpc) is 2.39. The van der Waals surface area contributed by atoms with Crippen molar-refractivity contribution in [3.8, 4) is 0 Å².